The maximum Gasteiger partial charge on any atom is 0.492 e. The molecule has 64 valence electrons. The summed E-state index contributed by atoms with van der Waals surface area (Å²) in [7, 11) is -0.133. The summed E-state index contributed by atoms with van der Waals surface area (Å²) in [5, 5.41) is 18.1. The minimum Gasteiger partial charge on any atom is -0.496 e. The fourth-order valence-corrected chi connectivity index (χ4v) is 1.20. The minimum absolute atomic E-state index is 0.269. The van der Waals surface area contributed by atoms with Gasteiger partial charge in [0.25, 0.3) is 0 Å². The van der Waals surface area contributed by atoms with Gasteiger partial charge in [-0.25, -0.2) is 0 Å². The Morgan fingerprint density at radius 2 is 2.08 bits per heavy atom. The van der Waals surface area contributed by atoms with Crippen LogP contribution < -0.4 is 10.2 Å². The predicted molar refractivity (Wildman–Crippen MR) is 47.8 cm³/mol. The summed E-state index contributed by atoms with van der Waals surface area (Å²) >= 11 is 5.73. The van der Waals surface area contributed by atoms with Crippen LogP contribution in [0.4, 0.5) is 0 Å². The van der Waals surface area contributed by atoms with Gasteiger partial charge in [0.2, 0.25) is 0 Å². The van der Waals surface area contributed by atoms with Crippen molar-refractivity contribution >= 4 is 24.2 Å². The lowest BCUT2D eigenvalue weighted by Gasteiger charge is -2.08. The Labute approximate surface area is 75.7 Å². The van der Waals surface area contributed by atoms with E-state index in [4.69, 9.17) is 26.4 Å². The molecule has 2 N–H and O–H groups in total. The third-order valence-electron chi connectivity index (χ3n) is 1.48. The van der Waals surface area contributed by atoms with Crippen molar-refractivity contribution < 1.29 is 14.8 Å². The van der Waals surface area contributed by atoms with Gasteiger partial charge in [0.15, 0.2) is 0 Å². The normalized spacial score (nSPS) is 9.67. The number of halogens is 1. The first-order chi connectivity index (χ1) is 5.66. The maximum absolute atomic E-state index is 8.88. The Morgan fingerprint density at radius 1 is 1.42 bits per heavy atom. The van der Waals surface area contributed by atoms with Gasteiger partial charge >= 0.3 is 7.12 Å². The molecule has 1 aromatic rings. The van der Waals surface area contributed by atoms with Crippen LogP contribution in [0.15, 0.2) is 18.2 Å². The molecule has 3 nitrogen and oxygen atoms in total. The van der Waals surface area contributed by atoms with Crippen LogP contribution in [0, 0.1) is 0 Å². The first-order valence-electron chi connectivity index (χ1n) is 3.35. The number of rotatable bonds is 2. The van der Waals surface area contributed by atoms with E-state index in [1.807, 2.05) is 0 Å². The molecule has 1 rings (SSSR count). The summed E-state index contributed by atoms with van der Waals surface area (Å²) in [5.74, 6) is 0.300. The van der Waals surface area contributed by atoms with Crippen molar-refractivity contribution in [1.82, 2.24) is 0 Å². The van der Waals surface area contributed by atoms with Gasteiger partial charge in [-0.1, -0.05) is 23.7 Å². The van der Waals surface area contributed by atoms with Gasteiger partial charge in [-0.3, -0.25) is 0 Å². The van der Waals surface area contributed by atoms with Crippen LogP contribution in [0.1, 0.15) is 0 Å². The second-order valence-electron chi connectivity index (χ2n) is 2.24. The third kappa shape index (κ3) is 1.72. The van der Waals surface area contributed by atoms with E-state index in [-0.39, 0.29) is 5.46 Å². The summed E-state index contributed by atoms with van der Waals surface area (Å²) in [5.41, 5.74) is 0.269. The van der Waals surface area contributed by atoms with E-state index in [9.17, 15) is 0 Å². The van der Waals surface area contributed by atoms with E-state index in [0.29, 0.717) is 10.8 Å². The van der Waals surface area contributed by atoms with Gasteiger partial charge in [0.1, 0.15) is 5.75 Å². The molecule has 0 amide bonds. The van der Waals surface area contributed by atoms with Crippen molar-refractivity contribution in [3.05, 3.63) is 23.2 Å². The smallest absolute Gasteiger partial charge is 0.492 e. The third-order valence-corrected chi connectivity index (χ3v) is 1.78. The molecule has 0 saturated heterocycles. The van der Waals surface area contributed by atoms with E-state index >= 15 is 0 Å². The number of hydrogen-bond donors (Lipinski definition) is 2. The maximum atomic E-state index is 8.88. The zero-order valence-corrected chi connectivity index (χ0v) is 7.25. The number of methoxy groups -OCH3 is 1. The van der Waals surface area contributed by atoms with Gasteiger partial charge in [0.05, 0.1) is 12.1 Å². The van der Waals surface area contributed by atoms with Crippen molar-refractivity contribution in [2.75, 3.05) is 7.11 Å². The molecule has 5 heteroatoms. The lowest BCUT2D eigenvalue weighted by Crippen LogP contribution is -2.31. The average molecular weight is 186 g/mol. The molecule has 1 aromatic carbocycles. The van der Waals surface area contributed by atoms with Crippen LogP contribution in [0.3, 0.4) is 0 Å². The number of para-hydroxylation sites is 1. The number of benzene rings is 1. The Balaban J connectivity index is 3.18. The largest absolute Gasteiger partial charge is 0.496 e. The van der Waals surface area contributed by atoms with Gasteiger partial charge in [0, 0.05) is 5.46 Å². The van der Waals surface area contributed by atoms with E-state index in [1.54, 1.807) is 12.1 Å². The Kier molecular flexibility index (Phi) is 2.97. The van der Waals surface area contributed by atoms with Crippen molar-refractivity contribution in [2.45, 2.75) is 0 Å². The molecular formula is C7H8BClO3. The van der Waals surface area contributed by atoms with E-state index in [2.05, 4.69) is 0 Å². The standard InChI is InChI=1S/C7H8BClO3/c1-12-7-5(8(10)11)3-2-4-6(7)9/h2-4,10-11H,1H3. The molecule has 12 heavy (non-hydrogen) atoms. The lowest BCUT2D eigenvalue weighted by molar-refractivity contribution is 0.403. The predicted octanol–water partition coefficient (Wildman–Crippen LogP) is 0.0284. The molecule has 0 heterocycles. The quantitative estimate of drug-likeness (QED) is 0.641. The highest BCUT2D eigenvalue weighted by molar-refractivity contribution is 6.60. The highest BCUT2D eigenvalue weighted by Crippen LogP contribution is 2.20. The Hall–Kier alpha value is -0.705. The molecule has 0 aliphatic heterocycles. The van der Waals surface area contributed by atoms with Gasteiger partial charge < -0.3 is 14.8 Å². The molecular weight excluding hydrogens is 178 g/mol. The second kappa shape index (κ2) is 3.80. The van der Waals surface area contributed by atoms with Crippen LogP contribution in [-0.2, 0) is 0 Å². The fourth-order valence-electron chi connectivity index (χ4n) is 0.944. The molecule has 0 bridgehead atoms. The van der Waals surface area contributed by atoms with Crippen LogP contribution >= 0.6 is 11.6 Å². The molecule has 0 fully saturated rings. The SMILES string of the molecule is COc1c(Cl)cccc1B(O)O. The van der Waals surface area contributed by atoms with Crippen LogP contribution in [0.25, 0.3) is 0 Å². The first-order valence-corrected chi connectivity index (χ1v) is 3.73. The first kappa shape index (κ1) is 9.38. The highest BCUT2D eigenvalue weighted by atomic mass is 35.5. The Bertz CT molecular complexity index is 277. The van der Waals surface area contributed by atoms with Crippen LogP contribution in [0.2, 0.25) is 5.02 Å². The van der Waals surface area contributed by atoms with E-state index in [0.717, 1.165) is 0 Å². The summed E-state index contributed by atoms with van der Waals surface area (Å²) < 4.78 is 4.89. The van der Waals surface area contributed by atoms with Crippen LogP contribution in [-0.4, -0.2) is 24.3 Å². The van der Waals surface area contributed by atoms with Gasteiger partial charge in [-0.05, 0) is 6.07 Å². The molecule has 0 aliphatic rings. The lowest BCUT2D eigenvalue weighted by atomic mass is 9.79. The summed E-state index contributed by atoms with van der Waals surface area (Å²) in [6.45, 7) is 0. The fraction of sp³-hybridized carbons (Fsp3) is 0.143. The molecule has 0 aromatic heterocycles. The monoisotopic (exact) mass is 186 g/mol. The van der Waals surface area contributed by atoms with Crippen molar-refractivity contribution in [2.24, 2.45) is 0 Å². The van der Waals surface area contributed by atoms with Crippen molar-refractivity contribution in [3.63, 3.8) is 0 Å². The average Bonchev–Trinajstić information content (AvgIpc) is 2.03. The second-order valence-corrected chi connectivity index (χ2v) is 2.64. The molecule has 0 radical (unpaired) electrons. The molecule has 0 saturated carbocycles. The molecule has 0 atom stereocenters. The van der Waals surface area contributed by atoms with E-state index < -0.39 is 7.12 Å². The van der Waals surface area contributed by atoms with Gasteiger partial charge in [-0.2, -0.15) is 0 Å². The Morgan fingerprint density at radius 3 is 2.50 bits per heavy atom. The summed E-state index contributed by atoms with van der Waals surface area (Å²) in [6, 6.07) is 4.78. The minimum atomic E-state index is -1.56. The molecule has 0 aliphatic carbocycles. The summed E-state index contributed by atoms with van der Waals surface area (Å²) in [6.07, 6.45) is 0. The zero-order valence-electron chi connectivity index (χ0n) is 6.49. The summed E-state index contributed by atoms with van der Waals surface area (Å²) in [4.78, 5) is 0. The molecule has 0 spiro atoms. The van der Waals surface area contributed by atoms with Crippen molar-refractivity contribution in [3.8, 4) is 5.75 Å². The highest BCUT2D eigenvalue weighted by Gasteiger charge is 2.18. The van der Waals surface area contributed by atoms with Crippen molar-refractivity contribution in [1.29, 1.82) is 0 Å². The van der Waals surface area contributed by atoms with Crippen LogP contribution in [0.5, 0.6) is 5.75 Å². The number of hydrogen-bond acceptors (Lipinski definition) is 3. The van der Waals surface area contributed by atoms with E-state index in [1.165, 1.54) is 13.2 Å². The number of ether oxygens (including phenoxy) is 1. The molecule has 0 unspecified atom stereocenters. The van der Waals surface area contributed by atoms with Gasteiger partial charge in [-0.15, -0.1) is 0 Å². The topological polar surface area (TPSA) is 49.7 Å². The zero-order chi connectivity index (χ0) is 9.14.